The summed E-state index contributed by atoms with van der Waals surface area (Å²) < 4.78 is 5.56. The van der Waals surface area contributed by atoms with Crippen molar-refractivity contribution in [1.29, 1.82) is 0 Å². The van der Waals surface area contributed by atoms with Gasteiger partial charge in [0.05, 0.1) is 12.5 Å². The highest BCUT2D eigenvalue weighted by molar-refractivity contribution is 5.85. The molecule has 0 aromatic rings. The molecule has 1 unspecified atom stereocenters. The molecule has 2 fully saturated rings. The van der Waals surface area contributed by atoms with Crippen molar-refractivity contribution in [2.45, 2.75) is 25.7 Å². The zero-order chi connectivity index (χ0) is 12.1. The molecular weight excluding hydrogens is 252 g/mol. The van der Waals surface area contributed by atoms with E-state index in [2.05, 4.69) is 5.32 Å². The topological polar surface area (TPSA) is 41.6 Å². The van der Waals surface area contributed by atoms with Gasteiger partial charge in [0.2, 0.25) is 5.91 Å². The number of hydrogen-bond donors (Lipinski definition) is 1. The highest BCUT2D eigenvalue weighted by atomic mass is 35.5. The maximum absolute atomic E-state index is 12.1. The lowest BCUT2D eigenvalue weighted by Crippen LogP contribution is -2.42. The largest absolute Gasteiger partial charge is 0.379 e. The maximum Gasteiger partial charge on any atom is 0.226 e. The van der Waals surface area contributed by atoms with E-state index in [0.717, 1.165) is 45.0 Å². The first-order valence-electron chi connectivity index (χ1n) is 6.81. The molecule has 2 aliphatic rings. The molecule has 4 nitrogen and oxygen atoms in total. The predicted octanol–water partition coefficient (Wildman–Crippen LogP) is 1.29. The Morgan fingerprint density at radius 2 is 2.17 bits per heavy atom. The van der Waals surface area contributed by atoms with Crippen LogP contribution in [0, 0.1) is 11.8 Å². The molecule has 106 valence electrons. The monoisotopic (exact) mass is 276 g/mol. The van der Waals surface area contributed by atoms with Crippen molar-refractivity contribution < 1.29 is 9.53 Å². The minimum Gasteiger partial charge on any atom is -0.379 e. The van der Waals surface area contributed by atoms with Gasteiger partial charge in [-0.2, -0.15) is 0 Å². The fraction of sp³-hybridized carbons (Fsp3) is 0.923. The highest BCUT2D eigenvalue weighted by Gasteiger charge is 2.24. The fourth-order valence-electron chi connectivity index (χ4n) is 2.22. The van der Waals surface area contributed by atoms with Crippen LogP contribution >= 0.6 is 12.4 Å². The van der Waals surface area contributed by atoms with Gasteiger partial charge in [0.1, 0.15) is 0 Å². The first-order valence-corrected chi connectivity index (χ1v) is 6.81. The van der Waals surface area contributed by atoms with Crippen molar-refractivity contribution in [2.24, 2.45) is 11.8 Å². The van der Waals surface area contributed by atoms with Crippen LogP contribution in [0.5, 0.6) is 0 Å². The summed E-state index contributed by atoms with van der Waals surface area (Å²) in [7, 11) is 1.89. The number of hydrogen-bond acceptors (Lipinski definition) is 3. The SMILES string of the molecule is CN(CCOCC1CC1)C(=O)C1CCCNC1.Cl. The van der Waals surface area contributed by atoms with Crippen molar-refractivity contribution in [3.8, 4) is 0 Å². The van der Waals surface area contributed by atoms with E-state index in [4.69, 9.17) is 4.74 Å². The van der Waals surface area contributed by atoms with Gasteiger partial charge in [-0.15, -0.1) is 12.4 Å². The summed E-state index contributed by atoms with van der Waals surface area (Å²) in [6.45, 7) is 4.18. The normalized spacial score (nSPS) is 23.3. The van der Waals surface area contributed by atoms with Crippen molar-refractivity contribution in [1.82, 2.24) is 10.2 Å². The molecule has 5 heteroatoms. The number of ether oxygens (including phenoxy) is 1. The second-order valence-corrected chi connectivity index (χ2v) is 5.32. The molecule has 0 spiro atoms. The third-order valence-electron chi connectivity index (χ3n) is 3.64. The van der Waals surface area contributed by atoms with Gasteiger partial charge in [-0.25, -0.2) is 0 Å². The summed E-state index contributed by atoms with van der Waals surface area (Å²) in [5, 5.41) is 3.28. The molecule has 1 aliphatic carbocycles. The Labute approximate surface area is 116 Å². The lowest BCUT2D eigenvalue weighted by Gasteiger charge is -2.26. The van der Waals surface area contributed by atoms with E-state index in [-0.39, 0.29) is 24.2 Å². The molecule has 1 saturated carbocycles. The number of halogens is 1. The summed E-state index contributed by atoms with van der Waals surface area (Å²) in [6, 6.07) is 0. The second-order valence-electron chi connectivity index (χ2n) is 5.32. The van der Waals surface area contributed by atoms with Gasteiger partial charge in [0.25, 0.3) is 0 Å². The lowest BCUT2D eigenvalue weighted by molar-refractivity contribution is -0.135. The van der Waals surface area contributed by atoms with Crippen LogP contribution in [-0.4, -0.2) is 50.7 Å². The summed E-state index contributed by atoms with van der Waals surface area (Å²) in [5.74, 6) is 1.25. The summed E-state index contributed by atoms with van der Waals surface area (Å²) in [6.07, 6.45) is 4.78. The summed E-state index contributed by atoms with van der Waals surface area (Å²) in [5.41, 5.74) is 0. The standard InChI is InChI=1S/C13H24N2O2.ClH/c1-15(7-8-17-10-11-4-5-11)13(16)12-3-2-6-14-9-12;/h11-12,14H,2-10H2,1H3;1H. The van der Waals surface area contributed by atoms with Crippen molar-refractivity contribution in [3.63, 3.8) is 0 Å². The predicted molar refractivity (Wildman–Crippen MR) is 74.0 cm³/mol. The number of carbonyl (C=O) groups excluding carboxylic acids is 1. The number of rotatable bonds is 6. The quantitative estimate of drug-likeness (QED) is 0.744. The van der Waals surface area contributed by atoms with Gasteiger partial charge in [-0.3, -0.25) is 4.79 Å². The van der Waals surface area contributed by atoms with Crippen molar-refractivity contribution >= 4 is 18.3 Å². The van der Waals surface area contributed by atoms with Crippen LogP contribution in [0.25, 0.3) is 0 Å². The zero-order valence-corrected chi connectivity index (χ0v) is 12.0. The van der Waals surface area contributed by atoms with Crippen molar-refractivity contribution in [3.05, 3.63) is 0 Å². The van der Waals surface area contributed by atoms with Gasteiger partial charge < -0.3 is 15.0 Å². The first-order chi connectivity index (χ1) is 8.27. The van der Waals surface area contributed by atoms with E-state index in [1.165, 1.54) is 12.8 Å². The molecule has 0 aromatic carbocycles. The van der Waals surface area contributed by atoms with Crippen LogP contribution in [0.1, 0.15) is 25.7 Å². The number of carbonyl (C=O) groups is 1. The molecule has 1 aliphatic heterocycles. The number of piperidine rings is 1. The molecule has 1 saturated heterocycles. The average Bonchev–Trinajstić information content (AvgIpc) is 3.18. The lowest BCUT2D eigenvalue weighted by atomic mass is 9.98. The summed E-state index contributed by atoms with van der Waals surface area (Å²) in [4.78, 5) is 13.9. The van der Waals surface area contributed by atoms with Crippen LogP contribution in [0.15, 0.2) is 0 Å². The number of nitrogens with zero attached hydrogens (tertiary/aromatic N) is 1. The van der Waals surface area contributed by atoms with Crippen LogP contribution in [0.2, 0.25) is 0 Å². The number of nitrogens with one attached hydrogen (secondary N) is 1. The molecular formula is C13H25ClN2O2. The molecule has 1 atom stereocenters. The average molecular weight is 277 g/mol. The Balaban J connectivity index is 0.00000162. The van der Waals surface area contributed by atoms with E-state index in [0.29, 0.717) is 6.61 Å². The molecule has 0 radical (unpaired) electrons. The summed E-state index contributed by atoms with van der Waals surface area (Å²) >= 11 is 0. The van der Waals surface area contributed by atoms with E-state index >= 15 is 0 Å². The minimum atomic E-state index is 0. The molecule has 2 rings (SSSR count). The van der Waals surface area contributed by atoms with Crippen molar-refractivity contribution in [2.75, 3.05) is 39.9 Å². The molecule has 1 amide bonds. The Morgan fingerprint density at radius 3 is 2.78 bits per heavy atom. The van der Waals surface area contributed by atoms with Gasteiger partial charge in [0.15, 0.2) is 0 Å². The van der Waals surface area contributed by atoms with Crippen LogP contribution in [0.3, 0.4) is 0 Å². The van der Waals surface area contributed by atoms with Gasteiger partial charge in [-0.05, 0) is 38.1 Å². The van der Waals surface area contributed by atoms with Gasteiger partial charge in [0, 0.05) is 26.7 Å². The van der Waals surface area contributed by atoms with E-state index < -0.39 is 0 Å². The highest BCUT2D eigenvalue weighted by Crippen LogP contribution is 2.28. The van der Waals surface area contributed by atoms with Crippen LogP contribution in [-0.2, 0) is 9.53 Å². The van der Waals surface area contributed by atoms with Crippen LogP contribution in [0.4, 0.5) is 0 Å². The first kappa shape index (κ1) is 15.7. The molecule has 0 aromatic heterocycles. The Hall–Kier alpha value is -0.320. The Morgan fingerprint density at radius 1 is 1.39 bits per heavy atom. The number of amides is 1. The molecule has 1 heterocycles. The minimum absolute atomic E-state index is 0. The zero-order valence-electron chi connectivity index (χ0n) is 11.2. The van der Waals surface area contributed by atoms with Gasteiger partial charge in [-0.1, -0.05) is 0 Å². The second kappa shape index (κ2) is 7.97. The Bertz CT molecular complexity index is 253. The van der Waals surface area contributed by atoms with E-state index in [1.807, 2.05) is 11.9 Å². The fourth-order valence-corrected chi connectivity index (χ4v) is 2.22. The third-order valence-corrected chi connectivity index (χ3v) is 3.64. The third kappa shape index (κ3) is 5.12. The van der Waals surface area contributed by atoms with Gasteiger partial charge >= 0.3 is 0 Å². The molecule has 18 heavy (non-hydrogen) atoms. The smallest absolute Gasteiger partial charge is 0.226 e. The van der Waals surface area contributed by atoms with Crippen LogP contribution < -0.4 is 5.32 Å². The molecule has 0 bridgehead atoms. The van der Waals surface area contributed by atoms with E-state index in [1.54, 1.807) is 0 Å². The van der Waals surface area contributed by atoms with E-state index in [9.17, 15) is 4.79 Å². The molecule has 1 N–H and O–H groups in total. The maximum atomic E-state index is 12.1. The number of likely N-dealkylation sites (N-methyl/N-ethyl adjacent to an activating group) is 1. The Kier molecular flexibility index (Phi) is 6.97.